The Morgan fingerprint density at radius 3 is 1.28 bits per heavy atom. The van der Waals surface area contributed by atoms with Crippen molar-refractivity contribution in [1.82, 2.24) is 0 Å². The van der Waals surface area contributed by atoms with Crippen molar-refractivity contribution in [3.63, 3.8) is 0 Å². The van der Waals surface area contributed by atoms with Gasteiger partial charge in [-0.25, -0.2) is 17.6 Å². The number of fused-ring (bicyclic) bond motifs is 1. The molecule has 0 unspecified atom stereocenters. The van der Waals surface area contributed by atoms with E-state index < -0.39 is 47.3 Å². The van der Waals surface area contributed by atoms with Gasteiger partial charge in [-0.1, -0.05) is 0 Å². The molecule has 2 nitrogen and oxygen atoms in total. The number of hydrogen-bond donors (Lipinski definition) is 2. The molecule has 2 aromatic rings. The highest BCUT2D eigenvalue weighted by Crippen LogP contribution is 2.29. The zero-order valence-corrected chi connectivity index (χ0v) is 8.98. The van der Waals surface area contributed by atoms with Crippen molar-refractivity contribution >= 4 is 10.8 Å². The topological polar surface area (TPSA) is 40.5 Å². The van der Waals surface area contributed by atoms with Crippen LogP contribution in [0.3, 0.4) is 0 Å². The van der Waals surface area contributed by atoms with Crippen molar-refractivity contribution in [2.24, 2.45) is 0 Å². The fourth-order valence-corrected chi connectivity index (χ4v) is 1.78. The van der Waals surface area contributed by atoms with Crippen molar-refractivity contribution in [1.29, 1.82) is 0 Å². The number of aliphatic hydroxyl groups is 2. The van der Waals surface area contributed by atoms with E-state index in [1.54, 1.807) is 0 Å². The smallest absolute Gasteiger partial charge is 0.198 e. The van der Waals surface area contributed by atoms with Crippen molar-refractivity contribution in [2.45, 2.75) is 13.2 Å². The molecule has 0 saturated carbocycles. The summed E-state index contributed by atoms with van der Waals surface area (Å²) >= 11 is 0. The Hall–Kier alpha value is -1.66. The summed E-state index contributed by atoms with van der Waals surface area (Å²) in [5.74, 6) is -6.85. The van der Waals surface area contributed by atoms with Crippen molar-refractivity contribution < 1.29 is 27.8 Å². The highest BCUT2D eigenvalue weighted by atomic mass is 19.2. The molecule has 0 aliphatic carbocycles. The van der Waals surface area contributed by atoms with Gasteiger partial charge >= 0.3 is 0 Å². The predicted octanol–water partition coefficient (Wildman–Crippen LogP) is 2.38. The molecule has 96 valence electrons. The summed E-state index contributed by atoms with van der Waals surface area (Å²) in [4.78, 5) is 0. The second-order valence-electron chi connectivity index (χ2n) is 3.74. The summed E-state index contributed by atoms with van der Waals surface area (Å²) in [6.07, 6.45) is 0. The number of hydrogen-bond acceptors (Lipinski definition) is 2. The third-order valence-electron chi connectivity index (χ3n) is 2.73. The van der Waals surface area contributed by atoms with Gasteiger partial charge in [0.1, 0.15) is 0 Å². The lowest BCUT2D eigenvalue weighted by molar-refractivity contribution is 0.260. The maximum atomic E-state index is 13.5. The molecule has 2 N–H and O–H groups in total. The molecule has 0 saturated heterocycles. The van der Waals surface area contributed by atoms with Gasteiger partial charge in [0.2, 0.25) is 0 Å². The maximum Gasteiger partial charge on any atom is 0.198 e. The van der Waals surface area contributed by atoms with Crippen LogP contribution < -0.4 is 0 Å². The Balaban J connectivity index is 2.93. The predicted molar refractivity (Wildman–Crippen MR) is 55.6 cm³/mol. The van der Waals surface area contributed by atoms with E-state index in [9.17, 15) is 17.6 Å². The highest BCUT2D eigenvalue weighted by molar-refractivity contribution is 5.85. The third-order valence-corrected chi connectivity index (χ3v) is 2.73. The summed E-state index contributed by atoms with van der Waals surface area (Å²) in [6.45, 7) is -1.07. The number of halogens is 4. The molecule has 0 atom stereocenters. The molecule has 0 radical (unpaired) electrons. The van der Waals surface area contributed by atoms with Crippen LogP contribution >= 0.6 is 0 Å². The summed E-state index contributed by atoms with van der Waals surface area (Å²) in [5, 5.41) is 17.0. The minimum Gasteiger partial charge on any atom is -0.392 e. The molecule has 0 aliphatic heterocycles. The minimum atomic E-state index is -1.90. The van der Waals surface area contributed by atoms with Crippen LogP contribution in [0.4, 0.5) is 17.6 Å². The first kappa shape index (κ1) is 12.8. The quantitative estimate of drug-likeness (QED) is 0.494. The van der Waals surface area contributed by atoms with Gasteiger partial charge in [0, 0.05) is 10.8 Å². The van der Waals surface area contributed by atoms with Gasteiger partial charge in [0.05, 0.1) is 13.2 Å². The first-order chi connectivity index (χ1) is 8.51. The summed E-state index contributed by atoms with van der Waals surface area (Å²) in [6, 6.07) is 1.98. The number of rotatable bonds is 2. The van der Waals surface area contributed by atoms with Crippen LogP contribution in [-0.2, 0) is 13.2 Å². The molecule has 18 heavy (non-hydrogen) atoms. The monoisotopic (exact) mass is 260 g/mol. The Kier molecular flexibility index (Phi) is 3.23. The molecule has 0 heterocycles. The normalized spacial score (nSPS) is 11.2. The average Bonchev–Trinajstić information content (AvgIpc) is 2.41. The lowest BCUT2D eigenvalue weighted by Crippen LogP contribution is -2.01. The number of benzene rings is 2. The molecule has 0 fully saturated rings. The zero-order valence-electron chi connectivity index (χ0n) is 8.98. The lowest BCUT2D eigenvalue weighted by Gasteiger charge is -2.10. The first-order valence-electron chi connectivity index (χ1n) is 5.00. The van der Waals surface area contributed by atoms with Crippen LogP contribution in [0, 0.1) is 23.3 Å². The first-order valence-corrected chi connectivity index (χ1v) is 5.00. The van der Waals surface area contributed by atoms with Crippen LogP contribution in [0.5, 0.6) is 0 Å². The van der Waals surface area contributed by atoms with E-state index >= 15 is 0 Å². The van der Waals surface area contributed by atoms with Crippen LogP contribution in [0.2, 0.25) is 0 Å². The van der Waals surface area contributed by atoms with Gasteiger partial charge in [0.25, 0.3) is 0 Å². The Bertz CT molecular complexity index is 571. The molecule has 0 aliphatic rings. The highest BCUT2D eigenvalue weighted by Gasteiger charge is 2.21. The zero-order chi connectivity index (χ0) is 13.4. The van der Waals surface area contributed by atoms with E-state index in [2.05, 4.69) is 0 Å². The Labute approximate surface area is 99.1 Å². The van der Waals surface area contributed by atoms with Crippen LogP contribution in [0.1, 0.15) is 11.1 Å². The van der Waals surface area contributed by atoms with Gasteiger partial charge in [0.15, 0.2) is 23.3 Å². The van der Waals surface area contributed by atoms with E-state index in [1.165, 1.54) is 0 Å². The van der Waals surface area contributed by atoms with Crippen LogP contribution in [-0.4, -0.2) is 10.2 Å². The van der Waals surface area contributed by atoms with Gasteiger partial charge in [-0.3, -0.25) is 0 Å². The molecule has 0 bridgehead atoms. The van der Waals surface area contributed by atoms with E-state index in [0.717, 1.165) is 12.1 Å². The van der Waals surface area contributed by atoms with Gasteiger partial charge in [-0.15, -0.1) is 0 Å². The molecule has 2 aromatic carbocycles. The van der Waals surface area contributed by atoms with Gasteiger partial charge in [-0.2, -0.15) is 0 Å². The van der Waals surface area contributed by atoms with E-state index in [4.69, 9.17) is 10.2 Å². The largest absolute Gasteiger partial charge is 0.392 e. The molecule has 0 aromatic heterocycles. The van der Waals surface area contributed by atoms with Crippen molar-refractivity contribution in [3.8, 4) is 0 Å². The molecular weight excluding hydrogens is 252 g/mol. The SMILES string of the molecule is OCc1cc2c(F)c(F)c(F)c(F)c2cc1CO. The second-order valence-corrected chi connectivity index (χ2v) is 3.74. The second kappa shape index (κ2) is 4.55. The summed E-state index contributed by atoms with van der Waals surface area (Å²) in [7, 11) is 0. The molecule has 6 heteroatoms. The van der Waals surface area contributed by atoms with Gasteiger partial charge < -0.3 is 10.2 Å². The van der Waals surface area contributed by atoms with E-state index in [-0.39, 0.29) is 11.1 Å². The standard InChI is InChI=1S/C12H8F4O2/c13-9-7-1-5(3-17)6(4-18)2-8(7)10(14)12(16)11(9)15/h1-2,17-18H,3-4H2. The van der Waals surface area contributed by atoms with E-state index in [0.29, 0.717) is 0 Å². The summed E-state index contributed by atoms with van der Waals surface area (Å²) < 4.78 is 53.0. The van der Waals surface area contributed by atoms with Crippen molar-refractivity contribution in [3.05, 3.63) is 46.5 Å². The fourth-order valence-electron chi connectivity index (χ4n) is 1.78. The Morgan fingerprint density at radius 1 is 0.667 bits per heavy atom. The summed E-state index contributed by atoms with van der Waals surface area (Å²) in [5.41, 5.74) is 0.239. The fraction of sp³-hybridized carbons (Fsp3) is 0.167. The molecule has 2 rings (SSSR count). The van der Waals surface area contributed by atoms with Crippen molar-refractivity contribution in [2.75, 3.05) is 0 Å². The maximum absolute atomic E-state index is 13.5. The third kappa shape index (κ3) is 1.74. The van der Waals surface area contributed by atoms with Crippen LogP contribution in [0.25, 0.3) is 10.8 Å². The minimum absolute atomic E-state index is 0.120. The molecular formula is C12H8F4O2. The number of aliphatic hydroxyl groups excluding tert-OH is 2. The molecule has 0 spiro atoms. The Morgan fingerprint density at radius 2 is 1.00 bits per heavy atom. The average molecular weight is 260 g/mol. The van der Waals surface area contributed by atoms with Gasteiger partial charge in [-0.05, 0) is 23.3 Å². The lowest BCUT2D eigenvalue weighted by atomic mass is 10.0. The van der Waals surface area contributed by atoms with E-state index in [1.807, 2.05) is 0 Å². The van der Waals surface area contributed by atoms with Crippen LogP contribution in [0.15, 0.2) is 12.1 Å². The molecule has 0 amide bonds.